The van der Waals surface area contributed by atoms with Crippen molar-refractivity contribution < 1.29 is 9.53 Å². The van der Waals surface area contributed by atoms with Crippen molar-refractivity contribution in [3.8, 4) is 0 Å². The highest BCUT2D eigenvalue weighted by Gasteiger charge is 2.28. The predicted molar refractivity (Wildman–Crippen MR) is 93.2 cm³/mol. The van der Waals surface area contributed by atoms with Crippen molar-refractivity contribution in [1.29, 1.82) is 0 Å². The first-order valence-electron chi connectivity index (χ1n) is 8.58. The van der Waals surface area contributed by atoms with Crippen LogP contribution in [0.25, 0.3) is 11.0 Å². The zero-order valence-electron chi connectivity index (χ0n) is 14.1. The monoisotopic (exact) mass is 347 g/mol. The number of aromatic nitrogens is 2. The fourth-order valence-corrected chi connectivity index (χ4v) is 4.11. The third-order valence-corrected chi connectivity index (χ3v) is 5.74. The highest BCUT2D eigenvalue weighted by atomic mass is 35.5. The second-order valence-electron chi connectivity index (χ2n) is 6.81. The fourth-order valence-electron chi connectivity index (χ4n) is 3.96. The number of fused-ring (bicyclic) bond motifs is 3. The van der Waals surface area contributed by atoms with Gasteiger partial charge in [-0.05, 0) is 37.8 Å². The Morgan fingerprint density at radius 1 is 1.38 bits per heavy atom. The molecule has 0 saturated carbocycles. The number of nitrogens with zero attached hydrogens (tertiary/aromatic N) is 3. The molecule has 2 aliphatic heterocycles. The fraction of sp³-hybridized carbons (Fsp3) is 0.556. The Balaban J connectivity index is 1.63. The standard InChI is InChI=1S/C18H22ClN3O2/c1-11-14(19)9-20-18-17(11)12(2)15-10-21(5-6-22(15)18)16(23)8-13-4-3-7-24-13/h9,13H,3-8,10H2,1-2H3. The minimum absolute atomic E-state index is 0.106. The summed E-state index contributed by atoms with van der Waals surface area (Å²) in [6.07, 6.45) is 4.40. The van der Waals surface area contributed by atoms with Crippen molar-refractivity contribution in [3.05, 3.63) is 28.0 Å². The van der Waals surface area contributed by atoms with Gasteiger partial charge in [0.1, 0.15) is 5.65 Å². The number of amides is 1. The zero-order valence-corrected chi connectivity index (χ0v) is 14.9. The summed E-state index contributed by atoms with van der Waals surface area (Å²) in [7, 11) is 0. The molecule has 1 fully saturated rings. The van der Waals surface area contributed by atoms with Crippen LogP contribution >= 0.6 is 11.6 Å². The molecule has 5 nitrogen and oxygen atoms in total. The van der Waals surface area contributed by atoms with Crippen LogP contribution in [-0.4, -0.2) is 39.6 Å². The van der Waals surface area contributed by atoms with E-state index in [9.17, 15) is 4.79 Å². The van der Waals surface area contributed by atoms with E-state index in [0.717, 1.165) is 49.1 Å². The number of aryl methyl sites for hydroxylation is 2. The van der Waals surface area contributed by atoms with Crippen LogP contribution in [0.5, 0.6) is 0 Å². The van der Waals surface area contributed by atoms with E-state index in [1.165, 1.54) is 11.3 Å². The Kier molecular flexibility index (Phi) is 4.01. The van der Waals surface area contributed by atoms with Gasteiger partial charge in [0, 0.05) is 37.0 Å². The maximum Gasteiger partial charge on any atom is 0.225 e. The number of ether oxygens (including phenoxy) is 1. The summed E-state index contributed by atoms with van der Waals surface area (Å²) >= 11 is 6.25. The lowest BCUT2D eigenvalue weighted by atomic mass is 10.1. The van der Waals surface area contributed by atoms with Crippen LogP contribution in [0.1, 0.15) is 36.1 Å². The summed E-state index contributed by atoms with van der Waals surface area (Å²) in [4.78, 5) is 19.1. The summed E-state index contributed by atoms with van der Waals surface area (Å²) in [5.41, 5.74) is 4.41. The van der Waals surface area contributed by atoms with Crippen LogP contribution in [0, 0.1) is 13.8 Å². The molecular weight excluding hydrogens is 326 g/mol. The molecule has 2 aliphatic rings. The van der Waals surface area contributed by atoms with E-state index in [4.69, 9.17) is 16.3 Å². The van der Waals surface area contributed by atoms with Gasteiger partial charge in [-0.15, -0.1) is 0 Å². The van der Waals surface area contributed by atoms with Gasteiger partial charge in [-0.25, -0.2) is 4.98 Å². The second-order valence-corrected chi connectivity index (χ2v) is 7.21. The van der Waals surface area contributed by atoms with Gasteiger partial charge in [0.25, 0.3) is 0 Å². The smallest absolute Gasteiger partial charge is 0.225 e. The molecule has 1 amide bonds. The predicted octanol–water partition coefficient (Wildman–Crippen LogP) is 3.22. The SMILES string of the molecule is Cc1c(Cl)cnc2c1c(C)c1n2CCN(C(=O)CC2CCCO2)C1. The molecular formula is C18H22ClN3O2. The first-order valence-corrected chi connectivity index (χ1v) is 8.96. The Morgan fingerprint density at radius 2 is 2.21 bits per heavy atom. The third-order valence-electron chi connectivity index (χ3n) is 5.36. The van der Waals surface area contributed by atoms with E-state index in [0.29, 0.717) is 18.0 Å². The quantitative estimate of drug-likeness (QED) is 0.838. The second kappa shape index (κ2) is 6.05. The maximum atomic E-state index is 12.6. The number of carbonyl (C=O) groups excluding carboxylic acids is 1. The van der Waals surface area contributed by atoms with E-state index >= 15 is 0 Å². The average Bonchev–Trinajstić information content (AvgIpc) is 3.18. The molecule has 6 heteroatoms. The molecule has 0 spiro atoms. The maximum absolute atomic E-state index is 12.6. The summed E-state index contributed by atoms with van der Waals surface area (Å²) in [6, 6.07) is 0. The Morgan fingerprint density at radius 3 is 2.96 bits per heavy atom. The summed E-state index contributed by atoms with van der Waals surface area (Å²) in [5, 5.41) is 1.82. The summed E-state index contributed by atoms with van der Waals surface area (Å²) < 4.78 is 7.85. The van der Waals surface area contributed by atoms with Crippen LogP contribution in [-0.2, 0) is 22.6 Å². The van der Waals surface area contributed by atoms with Gasteiger partial charge in [-0.2, -0.15) is 0 Å². The molecule has 1 unspecified atom stereocenters. The van der Waals surface area contributed by atoms with E-state index in [2.05, 4.69) is 16.5 Å². The van der Waals surface area contributed by atoms with Crippen molar-refractivity contribution in [2.24, 2.45) is 0 Å². The molecule has 4 heterocycles. The van der Waals surface area contributed by atoms with Gasteiger partial charge < -0.3 is 14.2 Å². The van der Waals surface area contributed by atoms with Crippen LogP contribution < -0.4 is 0 Å². The van der Waals surface area contributed by atoms with E-state index < -0.39 is 0 Å². The number of pyridine rings is 1. The molecule has 128 valence electrons. The van der Waals surface area contributed by atoms with Crippen LogP contribution in [0.4, 0.5) is 0 Å². The number of hydrogen-bond donors (Lipinski definition) is 0. The minimum Gasteiger partial charge on any atom is -0.378 e. The van der Waals surface area contributed by atoms with Crippen molar-refractivity contribution in [3.63, 3.8) is 0 Å². The van der Waals surface area contributed by atoms with Crippen LogP contribution in [0.2, 0.25) is 5.02 Å². The van der Waals surface area contributed by atoms with Gasteiger partial charge in [0.15, 0.2) is 0 Å². The van der Waals surface area contributed by atoms with Crippen molar-refractivity contribution in [1.82, 2.24) is 14.5 Å². The number of halogens is 1. The van der Waals surface area contributed by atoms with E-state index in [1.807, 2.05) is 11.8 Å². The minimum atomic E-state index is 0.106. The molecule has 4 rings (SSSR count). The average molecular weight is 348 g/mol. The van der Waals surface area contributed by atoms with Gasteiger partial charge in [-0.3, -0.25) is 4.79 Å². The molecule has 0 aliphatic carbocycles. The highest BCUT2D eigenvalue weighted by molar-refractivity contribution is 6.32. The Labute approximate surface area is 146 Å². The number of carbonyl (C=O) groups is 1. The number of hydrogen-bond acceptors (Lipinski definition) is 3. The highest BCUT2D eigenvalue weighted by Crippen LogP contribution is 2.33. The largest absolute Gasteiger partial charge is 0.378 e. The molecule has 1 saturated heterocycles. The van der Waals surface area contributed by atoms with Crippen molar-refractivity contribution >= 4 is 28.5 Å². The molecule has 0 bridgehead atoms. The van der Waals surface area contributed by atoms with Crippen molar-refractivity contribution in [2.75, 3.05) is 13.2 Å². The van der Waals surface area contributed by atoms with Gasteiger partial charge >= 0.3 is 0 Å². The molecule has 1 atom stereocenters. The Bertz CT molecular complexity index is 808. The molecule has 24 heavy (non-hydrogen) atoms. The summed E-state index contributed by atoms with van der Waals surface area (Å²) in [6.45, 7) is 7.08. The third kappa shape index (κ3) is 2.50. The first-order chi connectivity index (χ1) is 11.6. The lowest BCUT2D eigenvalue weighted by molar-refractivity contribution is -0.134. The lowest BCUT2D eigenvalue weighted by Gasteiger charge is -2.30. The van der Waals surface area contributed by atoms with Crippen molar-refractivity contribution in [2.45, 2.75) is 52.3 Å². The lowest BCUT2D eigenvalue weighted by Crippen LogP contribution is -2.39. The van der Waals surface area contributed by atoms with Crippen LogP contribution in [0.3, 0.4) is 0 Å². The molecule has 0 radical (unpaired) electrons. The zero-order chi connectivity index (χ0) is 16.8. The summed E-state index contributed by atoms with van der Waals surface area (Å²) in [5.74, 6) is 0.195. The van der Waals surface area contributed by atoms with Gasteiger partial charge in [0.05, 0.1) is 24.1 Å². The Hall–Kier alpha value is -1.59. The number of rotatable bonds is 2. The van der Waals surface area contributed by atoms with E-state index in [-0.39, 0.29) is 12.0 Å². The molecule has 2 aromatic heterocycles. The van der Waals surface area contributed by atoms with Gasteiger partial charge in [0.2, 0.25) is 5.91 Å². The van der Waals surface area contributed by atoms with Crippen LogP contribution in [0.15, 0.2) is 6.20 Å². The topological polar surface area (TPSA) is 47.4 Å². The molecule has 0 N–H and O–H groups in total. The van der Waals surface area contributed by atoms with Gasteiger partial charge in [-0.1, -0.05) is 11.6 Å². The van der Waals surface area contributed by atoms with E-state index in [1.54, 1.807) is 6.20 Å². The molecule has 2 aromatic rings. The molecule has 0 aromatic carbocycles. The first kappa shape index (κ1) is 15.9. The normalized spacial score (nSPS) is 20.6.